The third-order valence-electron chi connectivity index (χ3n) is 4.25. The van der Waals surface area contributed by atoms with E-state index in [9.17, 15) is 9.90 Å². The quantitative estimate of drug-likeness (QED) is 0.867. The number of aliphatic hydroxyl groups is 1. The summed E-state index contributed by atoms with van der Waals surface area (Å²) >= 11 is 6.05. The number of aliphatic hydroxyl groups excluding tert-OH is 1. The summed E-state index contributed by atoms with van der Waals surface area (Å²) in [5.74, 6) is 0.388. The monoisotopic (exact) mass is 347 g/mol. The number of ether oxygens (including phenoxy) is 1. The van der Waals surface area contributed by atoms with Crippen LogP contribution in [0.25, 0.3) is 0 Å². The molecule has 1 aliphatic rings. The lowest BCUT2D eigenvalue weighted by atomic mass is 9.75. The minimum Gasteiger partial charge on any atom is -0.481 e. The van der Waals surface area contributed by atoms with Gasteiger partial charge < -0.3 is 15.2 Å². The van der Waals surface area contributed by atoms with Crippen molar-refractivity contribution >= 4 is 17.5 Å². The predicted octanol–water partition coefficient (Wildman–Crippen LogP) is 2.38. The van der Waals surface area contributed by atoms with Gasteiger partial charge in [-0.2, -0.15) is 0 Å². The highest BCUT2D eigenvalue weighted by atomic mass is 35.5. The number of pyridine rings is 2. The number of rotatable bonds is 5. The maximum Gasteiger partial charge on any atom is 0.253 e. The van der Waals surface area contributed by atoms with Crippen molar-refractivity contribution in [1.29, 1.82) is 0 Å². The molecule has 0 aliphatic heterocycles. The number of halogens is 1. The van der Waals surface area contributed by atoms with Crippen molar-refractivity contribution in [1.82, 2.24) is 15.3 Å². The molecule has 0 unspecified atom stereocenters. The van der Waals surface area contributed by atoms with Crippen LogP contribution in [-0.2, 0) is 0 Å². The summed E-state index contributed by atoms with van der Waals surface area (Å²) in [5, 5.41) is 12.9. The van der Waals surface area contributed by atoms with Crippen LogP contribution in [0, 0.1) is 5.92 Å². The van der Waals surface area contributed by atoms with Gasteiger partial charge in [0.15, 0.2) is 0 Å². The average Bonchev–Trinajstić information content (AvgIpc) is 2.57. The van der Waals surface area contributed by atoms with Crippen molar-refractivity contribution in [3.05, 3.63) is 52.9 Å². The third kappa shape index (κ3) is 3.49. The van der Waals surface area contributed by atoms with Crippen LogP contribution in [0.4, 0.5) is 0 Å². The van der Waals surface area contributed by atoms with Crippen LogP contribution >= 0.6 is 11.6 Å². The number of carbonyl (C=O) groups excluding carboxylic acids is 1. The molecule has 2 N–H and O–H groups in total. The maximum atomic E-state index is 12.6. The van der Waals surface area contributed by atoms with Crippen LogP contribution in [0.5, 0.6) is 5.88 Å². The molecule has 0 spiro atoms. The molecule has 0 saturated heterocycles. The van der Waals surface area contributed by atoms with Gasteiger partial charge in [-0.15, -0.1) is 0 Å². The van der Waals surface area contributed by atoms with Crippen molar-refractivity contribution in [2.45, 2.75) is 25.0 Å². The number of nitrogens with zero attached hydrogens (tertiary/aromatic N) is 2. The van der Waals surface area contributed by atoms with Gasteiger partial charge >= 0.3 is 0 Å². The van der Waals surface area contributed by atoms with Gasteiger partial charge in [-0.05, 0) is 30.4 Å². The number of aromatic nitrogens is 2. The van der Waals surface area contributed by atoms with E-state index in [1.165, 1.54) is 12.4 Å². The molecule has 24 heavy (non-hydrogen) atoms. The van der Waals surface area contributed by atoms with Crippen LogP contribution in [0.2, 0.25) is 5.02 Å². The zero-order valence-corrected chi connectivity index (χ0v) is 13.9. The lowest BCUT2D eigenvalue weighted by Gasteiger charge is -2.38. The number of nitrogens with one attached hydrogen (secondary N) is 1. The third-order valence-corrected chi connectivity index (χ3v) is 4.55. The summed E-state index contributed by atoms with van der Waals surface area (Å²) in [5.41, 5.74) is 1.24. The molecule has 1 aliphatic carbocycles. The van der Waals surface area contributed by atoms with Gasteiger partial charge in [-0.1, -0.05) is 17.7 Å². The molecule has 0 bridgehead atoms. The van der Waals surface area contributed by atoms with Gasteiger partial charge in [0.25, 0.3) is 5.91 Å². The van der Waals surface area contributed by atoms with E-state index in [4.69, 9.17) is 16.3 Å². The first kappa shape index (κ1) is 16.7. The number of hydrogen-bond acceptors (Lipinski definition) is 5. The van der Waals surface area contributed by atoms with Gasteiger partial charge in [-0.3, -0.25) is 9.78 Å². The van der Waals surface area contributed by atoms with Crippen molar-refractivity contribution < 1.29 is 14.6 Å². The van der Waals surface area contributed by atoms with E-state index in [-0.39, 0.29) is 24.0 Å². The highest BCUT2D eigenvalue weighted by molar-refractivity contribution is 6.33. The lowest BCUT2D eigenvalue weighted by molar-refractivity contribution is 0.0234. The van der Waals surface area contributed by atoms with E-state index in [0.717, 1.165) is 5.56 Å². The van der Waals surface area contributed by atoms with Crippen LogP contribution < -0.4 is 10.1 Å². The van der Waals surface area contributed by atoms with E-state index >= 15 is 0 Å². The molecule has 0 aromatic carbocycles. The standard InChI is InChI=1S/C17H18ClN3O3/c1-24-15-3-2-10(8-20-15)16(11-6-12(22)7-11)21-17(23)13-4-5-19-9-14(13)18/h2-5,8-9,11-12,16,22H,6-7H2,1H3,(H,21,23)/t11?,12?,16-/m0/s1. The predicted molar refractivity (Wildman–Crippen MR) is 89.0 cm³/mol. The second kappa shape index (κ2) is 7.15. The van der Waals surface area contributed by atoms with E-state index in [1.54, 1.807) is 25.4 Å². The highest BCUT2D eigenvalue weighted by Gasteiger charge is 2.36. The highest BCUT2D eigenvalue weighted by Crippen LogP contribution is 2.38. The van der Waals surface area contributed by atoms with Crippen LogP contribution in [-0.4, -0.2) is 34.2 Å². The van der Waals surface area contributed by atoms with Gasteiger partial charge in [0.05, 0.1) is 29.8 Å². The molecule has 0 radical (unpaired) electrons. The van der Waals surface area contributed by atoms with Crippen molar-refractivity contribution in [2.75, 3.05) is 7.11 Å². The summed E-state index contributed by atoms with van der Waals surface area (Å²) in [4.78, 5) is 20.7. The molecule has 1 saturated carbocycles. The Morgan fingerprint density at radius 3 is 2.75 bits per heavy atom. The van der Waals surface area contributed by atoms with E-state index in [1.807, 2.05) is 6.07 Å². The number of methoxy groups -OCH3 is 1. The van der Waals surface area contributed by atoms with Crippen LogP contribution in [0.15, 0.2) is 36.8 Å². The van der Waals surface area contributed by atoms with Gasteiger partial charge in [-0.25, -0.2) is 4.98 Å². The Balaban J connectivity index is 1.82. The number of amides is 1. The molecule has 3 rings (SSSR count). The second-order valence-electron chi connectivity index (χ2n) is 5.83. The minimum absolute atomic E-state index is 0.153. The molecular formula is C17H18ClN3O3. The fourth-order valence-electron chi connectivity index (χ4n) is 2.85. The normalized spacial score (nSPS) is 20.8. The minimum atomic E-state index is -0.315. The Kier molecular flexibility index (Phi) is 4.97. The van der Waals surface area contributed by atoms with E-state index < -0.39 is 0 Å². The lowest BCUT2D eigenvalue weighted by Crippen LogP contribution is -2.41. The summed E-state index contributed by atoms with van der Waals surface area (Å²) in [6.45, 7) is 0. The summed E-state index contributed by atoms with van der Waals surface area (Å²) < 4.78 is 5.07. The van der Waals surface area contributed by atoms with Gasteiger partial charge in [0.2, 0.25) is 5.88 Å². The molecule has 1 fully saturated rings. The molecule has 2 heterocycles. The molecule has 7 heteroatoms. The fourth-order valence-corrected chi connectivity index (χ4v) is 3.06. The summed E-state index contributed by atoms with van der Waals surface area (Å²) in [6.07, 6.45) is 5.61. The Morgan fingerprint density at radius 1 is 1.38 bits per heavy atom. The SMILES string of the molecule is COc1ccc([C@H](NC(=O)c2ccncc2Cl)C2CC(O)C2)cn1. The first-order valence-corrected chi connectivity index (χ1v) is 8.04. The first-order valence-electron chi connectivity index (χ1n) is 7.67. The fraction of sp³-hybridized carbons (Fsp3) is 0.353. The Bertz CT molecular complexity index is 717. The van der Waals surface area contributed by atoms with Gasteiger partial charge in [0, 0.05) is 24.7 Å². The zero-order valence-electron chi connectivity index (χ0n) is 13.1. The number of hydrogen-bond donors (Lipinski definition) is 2. The summed E-state index contributed by atoms with van der Waals surface area (Å²) in [6, 6.07) is 4.96. The Morgan fingerprint density at radius 2 is 2.17 bits per heavy atom. The van der Waals surface area contributed by atoms with Crippen molar-refractivity contribution in [2.24, 2.45) is 5.92 Å². The van der Waals surface area contributed by atoms with Crippen LogP contribution in [0.3, 0.4) is 0 Å². The molecule has 1 amide bonds. The van der Waals surface area contributed by atoms with Crippen molar-refractivity contribution in [3.63, 3.8) is 0 Å². The molecule has 126 valence electrons. The van der Waals surface area contributed by atoms with Crippen LogP contribution in [0.1, 0.15) is 34.8 Å². The molecule has 1 atom stereocenters. The smallest absolute Gasteiger partial charge is 0.253 e. The first-order chi connectivity index (χ1) is 11.6. The molecule has 2 aromatic rings. The number of carbonyl (C=O) groups is 1. The zero-order chi connectivity index (χ0) is 17.1. The Hall–Kier alpha value is -2.18. The average molecular weight is 348 g/mol. The second-order valence-corrected chi connectivity index (χ2v) is 6.23. The van der Waals surface area contributed by atoms with E-state index in [2.05, 4.69) is 15.3 Å². The Labute approximate surface area is 144 Å². The summed E-state index contributed by atoms with van der Waals surface area (Å²) in [7, 11) is 1.55. The largest absolute Gasteiger partial charge is 0.481 e. The molecule has 2 aromatic heterocycles. The molecule has 6 nitrogen and oxygen atoms in total. The topological polar surface area (TPSA) is 84.3 Å². The van der Waals surface area contributed by atoms with E-state index in [0.29, 0.717) is 29.3 Å². The van der Waals surface area contributed by atoms with Gasteiger partial charge in [0.1, 0.15) is 0 Å². The maximum absolute atomic E-state index is 12.6. The van der Waals surface area contributed by atoms with Crippen molar-refractivity contribution in [3.8, 4) is 5.88 Å². The molecular weight excluding hydrogens is 330 g/mol.